The summed E-state index contributed by atoms with van der Waals surface area (Å²) in [6.07, 6.45) is 3.40. The van der Waals surface area contributed by atoms with Gasteiger partial charge in [0.05, 0.1) is 6.61 Å². The van der Waals surface area contributed by atoms with Gasteiger partial charge in [-0.1, -0.05) is 43.2 Å². The van der Waals surface area contributed by atoms with Crippen LogP contribution < -0.4 is 5.32 Å². The molecule has 1 atom stereocenters. The number of nitrogens with one attached hydrogen (secondary N) is 1. The Morgan fingerprint density at radius 2 is 1.69 bits per heavy atom. The Morgan fingerprint density at radius 3 is 2.33 bits per heavy atom. The fraction of sp³-hybridized carbons (Fsp3) is 0.500. The van der Waals surface area contributed by atoms with Gasteiger partial charge in [-0.3, -0.25) is 14.4 Å². The van der Waals surface area contributed by atoms with E-state index in [2.05, 4.69) is 10.3 Å². The fourth-order valence-corrected chi connectivity index (χ4v) is 5.03. The molecule has 3 amide bonds. The molecule has 2 N–H and O–H groups in total. The summed E-state index contributed by atoms with van der Waals surface area (Å²) in [6.45, 7) is 3.09. The number of benzene rings is 1. The summed E-state index contributed by atoms with van der Waals surface area (Å²) >= 11 is 0. The van der Waals surface area contributed by atoms with Gasteiger partial charge in [0.15, 0.2) is 5.82 Å². The number of amides is 3. The second kappa shape index (κ2) is 13.2. The molecule has 1 aliphatic carbocycles. The molecule has 1 aromatic heterocycles. The Morgan fingerprint density at radius 1 is 1.03 bits per heavy atom. The molecule has 1 saturated heterocycles. The molecule has 2 fully saturated rings. The van der Waals surface area contributed by atoms with Crippen molar-refractivity contribution < 1.29 is 29.0 Å². The van der Waals surface area contributed by atoms with Crippen LogP contribution in [-0.2, 0) is 14.3 Å². The molecule has 1 saturated carbocycles. The summed E-state index contributed by atoms with van der Waals surface area (Å²) in [6, 6.07) is 10.0. The number of piperazine rings is 1. The second-order valence-electron chi connectivity index (χ2n) is 9.82. The lowest BCUT2D eigenvalue weighted by Crippen LogP contribution is -2.56. The van der Waals surface area contributed by atoms with E-state index in [0.29, 0.717) is 18.9 Å². The Bertz CT molecular complexity index is 1180. The first-order valence-corrected chi connectivity index (χ1v) is 13.5. The van der Waals surface area contributed by atoms with Gasteiger partial charge in [0.2, 0.25) is 5.91 Å². The summed E-state index contributed by atoms with van der Waals surface area (Å²) in [4.78, 5) is 62.5. The van der Waals surface area contributed by atoms with Crippen LogP contribution in [0.3, 0.4) is 0 Å². The number of aliphatic carboxylic acids is 1. The molecular formula is C28H35N5O6. The molecule has 1 aliphatic heterocycles. The predicted octanol–water partition coefficient (Wildman–Crippen LogP) is 3.07. The van der Waals surface area contributed by atoms with Gasteiger partial charge in [-0.05, 0) is 32.3 Å². The zero-order valence-corrected chi connectivity index (χ0v) is 22.2. The van der Waals surface area contributed by atoms with Crippen molar-refractivity contribution in [3.63, 3.8) is 0 Å². The van der Waals surface area contributed by atoms with Crippen LogP contribution in [0.4, 0.5) is 4.79 Å². The summed E-state index contributed by atoms with van der Waals surface area (Å²) in [5, 5.41) is 12.0. The first-order valence-electron chi connectivity index (χ1n) is 13.5. The van der Waals surface area contributed by atoms with Crippen LogP contribution in [-0.4, -0.2) is 87.6 Å². The van der Waals surface area contributed by atoms with Crippen LogP contribution in [0.25, 0.3) is 11.4 Å². The molecule has 0 spiro atoms. The van der Waals surface area contributed by atoms with Gasteiger partial charge in [-0.25, -0.2) is 14.8 Å². The smallest absolute Gasteiger partial charge is 0.409 e. The first kappa shape index (κ1) is 28.0. The number of carbonyl (C=O) groups excluding carboxylic acids is 3. The molecule has 1 unspecified atom stereocenters. The monoisotopic (exact) mass is 537 g/mol. The van der Waals surface area contributed by atoms with Crippen molar-refractivity contribution in [1.82, 2.24) is 25.1 Å². The maximum absolute atomic E-state index is 13.5. The summed E-state index contributed by atoms with van der Waals surface area (Å²) < 4.78 is 5.03. The number of hydrogen-bond donors (Lipinski definition) is 2. The van der Waals surface area contributed by atoms with Crippen molar-refractivity contribution in [2.24, 2.45) is 0 Å². The van der Waals surface area contributed by atoms with Gasteiger partial charge in [0.1, 0.15) is 11.7 Å². The molecule has 4 rings (SSSR count). The molecule has 2 aromatic rings. The van der Waals surface area contributed by atoms with E-state index in [9.17, 15) is 24.3 Å². The molecule has 11 nitrogen and oxygen atoms in total. The van der Waals surface area contributed by atoms with E-state index in [4.69, 9.17) is 9.72 Å². The SMILES string of the molecule is CCOC(=O)N1CCN(C(=O)C(CCC(=O)O)NC(=O)c2cc(C3CCCC3)nc(-c3ccccc3)n2)CC1. The van der Waals surface area contributed by atoms with E-state index in [1.807, 2.05) is 30.3 Å². The zero-order valence-electron chi connectivity index (χ0n) is 22.2. The molecule has 208 valence electrons. The topological polar surface area (TPSA) is 142 Å². The molecule has 2 heterocycles. The Kier molecular flexibility index (Phi) is 9.45. The Balaban J connectivity index is 1.53. The maximum Gasteiger partial charge on any atom is 0.409 e. The van der Waals surface area contributed by atoms with Crippen LogP contribution in [0.15, 0.2) is 36.4 Å². The third-order valence-corrected chi connectivity index (χ3v) is 7.15. The van der Waals surface area contributed by atoms with Gasteiger partial charge >= 0.3 is 12.1 Å². The highest BCUT2D eigenvalue weighted by molar-refractivity contribution is 5.96. The number of nitrogens with zero attached hydrogens (tertiary/aromatic N) is 4. The summed E-state index contributed by atoms with van der Waals surface area (Å²) in [5.41, 5.74) is 1.73. The lowest BCUT2D eigenvalue weighted by atomic mass is 10.0. The Hall–Kier alpha value is -4.02. The van der Waals surface area contributed by atoms with Crippen molar-refractivity contribution in [2.75, 3.05) is 32.8 Å². The van der Waals surface area contributed by atoms with E-state index < -0.39 is 24.0 Å². The van der Waals surface area contributed by atoms with E-state index in [1.165, 1.54) is 4.90 Å². The minimum atomic E-state index is -1.06. The molecule has 0 bridgehead atoms. The maximum atomic E-state index is 13.5. The molecule has 0 radical (unpaired) electrons. The molecule has 1 aromatic carbocycles. The number of carboxylic acid groups (broad SMARTS) is 1. The molecule has 39 heavy (non-hydrogen) atoms. The van der Waals surface area contributed by atoms with Crippen molar-refractivity contribution in [2.45, 2.75) is 57.4 Å². The van der Waals surface area contributed by atoms with Crippen molar-refractivity contribution in [3.8, 4) is 11.4 Å². The lowest BCUT2D eigenvalue weighted by Gasteiger charge is -2.35. The predicted molar refractivity (Wildman–Crippen MR) is 142 cm³/mol. The van der Waals surface area contributed by atoms with Gasteiger partial charge < -0.3 is 25.0 Å². The number of carboxylic acids is 1. The van der Waals surface area contributed by atoms with Crippen molar-refractivity contribution in [3.05, 3.63) is 47.8 Å². The van der Waals surface area contributed by atoms with Gasteiger partial charge in [0.25, 0.3) is 5.91 Å². The van der Waals surface area contributed by atoms with Gasteiger partial charge in [0, 0.05) is 49.8 Å². The highest BCUT2D eigenvalue weighted by atomic mass is 16.6. The summed E-state index contributed by atoms with van der Waals surface area (Å²) in [7, 11) is 0. The van der Waals surface area contributed by atoms with Crippen LogP contribution in [0.2, 0.25) is 0 Å². The van der Waals surface area contributed by atoms with Gasteiger partial charge in [-0.15, -0.1) is 0 Å². The number of aromatic nitrogens is 2. The fourth-order valence-electron chi connectivity index (χ4n) is 5.03. The van der Waals surface area contributed by atoms with Crippen LogP contribution in [0.1, 0.15) is 67.5 Å². The second-order valence-corrected chi connectivity index (χ2v) is 9.82. The average Bonchev–Trinajstić information content (AvgIpc) is 3.50. The van der Waals surface area contributed by atoms with E-state index >= 15 is 0 Å². The third kappa shape index (κ3) is 7.30. The molecular weight excluding hydrogens is 502 g/mol. The standard InChI is InChI=1S/C28H35N5O6/c1-2-39-28(38)33-16-14-32(15-17-33)27(37)21(12-13-24(34)35)31-26(36)23-18-22(19-8-6-7-9-19)29-25(30-23)20-10-4-3-5-11-20/h3-5,10-11,18-19,21H,2,6-9,12-17H2,1H3,(H,31,36)(H,34,35). The zero-order chi connectivity index (χ0) is 27.8. The first-order chi connectivity index (χ1) is 18.9. The normalized spacial score (nSPS) is 16.5. The summed E-state index contributed by atoms with van der Waals surface area (Å²) in [5.74, 6) is -1.33. The Labute approximate surface area is 227 Å². The van der Waals surface area contributed by atoms with Crippen LogP contribution >= 0.6 is 0 Å². The number of carbonyl (C=O) groups is 4. The number of hydrogen-bond acceptors (Lipinski definition) is 7. The van der Waals surface area contributed by atoms with Crippen LogP contribution in [0.5, 0.6) is 0 Å². The minimum Gasteiger partial charge on any atom is -0.481 e. The molecule has 11 heteroatoms. The van der Waals surface area contributed by atoms with E-state index in [0.717, 1.165) is 36.9 Å². The van der Waals surface area contributed by atoms with E-state index in [1.54, 1.807) is 17.9 Å². The third-order valence-electron chi connectivity index (χ3n) is 7.15. The highest BCUT2D eigenvalue weighted by Crippen LogP contribution is 2.34. The van der Waals surface area contributed by atoms with E-state index in [-0.39, 0.29) is 50.1 Å². The largest absolute Gasteiger partial charge is 0.481 e. The highest BCUT2D eigenvalue weighted by Gasteiger charge is 2.31. The van der Waals surface area contributed by atoms with Crippen LogP contribution in [0, 0.1) is 0 Å². The van der Waals surface area contributed by atoms with Crippen molar-refractivity contribution in [1.29, 1.82) is 0 Å². The quantitative estimate of drug-likeness (QED) is 0.497. The average molecular weight is 538 g/mol. The lowest BCUT2D eigenvalue weighted by molar-refractivity contribution is -0.138. The van der Waals surface area contributed by atoms with Gasteiger partial charge in [-0.2, -0.15) is 0 Å². The molecule has 2 aliphatic rings. The minimum absolute atomic E-state index is 0.0654. The number of ether oxygens (including phenoxy) is 1. The number of rotatable bonds is 9. The van der Waals surface area contributed by atoms with Crippen molar-refractivity contribution >= 4 is 23.9 Å².